The molecule has 2 unspecified atom stereocenters. The molecule has 2 aliphatic rings. The van der Waals surface area contributed by atoms with Gasteiger partial charge in [0.2, 0.25) is 0 Å². The normalized spacial score (nSPS) is 22.7. The average molecular weight is 488 g/mol. The number of fused-ring (bicyclic) bond motifs is 1. The Morgan fingerprint density at radius 2 is 2.19 bits per heavy atom. The summed E-state index contributed by atoms with van der Waals surface area (Å²) >= 11 is 0. The summed E-state index contributed by atoms with van der Waals surface area (Å²) in [5, 5.41) is 3.37. The van der Waals surface area contributed by atoms with Gasteiger partial charge in [0, 0.05) is 26.2 Å². The lowest BCUT2D eigenvalue weighted by atomic mass is 10.2. The summed E-state index contributed by atoms with van der Waals surface area (Å²) in [7, 11) is 2.05. The average Bonchev–Trinajstić information content (AvgIpc) is 3.13. The number of hydrogen-bond acceptors (Lipinski definition) is 4. The van der Waals surface area contributed by atoms with Gasteiger partial charge >= 0.3 is 0 Å². The van der Waals surface area contributed by atoms with Crippen LogP contribution in [0.3, 0.4) is 0 Å². The van der Waals surface area contributed by atoms with Gasteiger partial charge in [0.1, 0.15) is 12.4 Å². The van der Waals surface area contributed by atoms with Crippen molar-refractivity contribution in [2.75, 3.05) is 53.0 Å². The third-order valence-corrected chi connectivity index (χ3v) is 5.04. The molecule has 7 heteroatoms. The van der Waals surface area contributed by atoms with Gasteiger partial charge in [-0.3, -0.25) is 9.89 Å². The third-order valence-electron chi connectivity index (χ3n) is 5.04. The van der Waals surface area contributed by atoms with Gasteiger partial charge in [-0.15, -0.1) is 24.0 Å². The van der Waals surface area contributed by atoms with Crippen molar-refractivity contribution in [3.63, 3.8) is 0 Å². The molecule has 0 radical (unpaired) electrons. The number of nitrogens with one attached hydrogen (secondary N) is 1. The van der Waals surface area contributed by atoms with E-state index in [4.69, 9.17) is 14.5 Å². The van der Waals surface area contributed by atoms with Crippen molar-refractivity contribution in [2.45, 2.75) is 31.9 Å². The van der Waals surface area contributed by atoms with E-state index < -0.39 is 0 Å². The molecular weight excluding hydrogens is 455 g/mol. The summed E-state index contributed by atoms with van der Waals surface area (Å²) in [6, 6.07) is 10.6. The Morgan fingerprint density at radius 1 is 1.37 bits per heavy atom. The van der Waals surface area contributed by atoms with Crippen LogP contribution < -0.4 is 10.1 Å². The quantitative estimate of drug-likeness (QED) is 0.363. The lowest BCUT2D eigenvalue weighted by molar-refractivity contribution is -0.0432. The van der Waals surface area contributed by atoms with Crippen LogP contribution in [-0.2, 0) is 4.74 Å². The highest BCUT2D eigenvalue weighted by molar-refractivity contribution is 14.0. The van der Waals surface area contributed by atoms with E-state index in [1.165, 1.54) is 19.4 Å². The third kappa shape index (κ3) is 6.80. The molecule has 0 amide bonds. The summed E-state index contributed by atoms with van der Waals surface area (Å²) in [4.78, 5) is 9.48. The molecule has 2 atom stereocenters. The zero-order valence-corrected chi connectivity index (χ0v) is 18.8. The maximum atomic E-state index is 6.02. The number of benzene rings is 1. The van der Waals surface area contributed by atoms with E-state index in [2.05, 4.69) is 22.0 Å². The van der Waals surface area contributed by atoms with Gasteiger partial charge in [-0.25, -0.2) is 0 Å². The van der Waals surface area contributed by atoms with Crippen LogP contribution in [0.4, 0.5) is 0 Å². The zero-order chi connectivity index (χ0) is 18.2. The molecule has 0 aliphatic carbocycles. The number of ether oxygens (including phenoxy) is 2. The molecule has 152 valence electrons. The number of aliphatic imine (C=N–C) groups is 1. The maximum Gasteiger partial charge on any atom is 0.193 e. The first kappa shape index (κ1) is 22.2. The minimum atomic E-state index is 0. The van der Waals surface area contributed by atoms with E-state index >= 15 is 0 Å². The summed E-state index contributed by atoms with van der Waals surface area (Å²) < 4.78 is 11.8. The van der Waals surface area contributed by atoms with Crippen LogP contribution in [0.15, 0.2) is 35.3 Å². The summed E-state index contributed by atoms with van der Waals surface area (Å²) in [6.07, 6.45) is 2.78. The molecule has 0 spiro atoms. The monoisotopic (exact) mass is 488 g/mol. The number of likely N-dealkylation sites (N-methyl/N-ethyl adjacent to an activating group) is 1. The van der Waals surface area contributed by atoms with Gasteiger partial charge in [-0.2, -0.15) is 0 Å². The number of morpholine rings is 1. The van der Waals surface area contributed by atoms with Crippen molar-refractivity contribution in [1.82, 2.24) is 15.1 Å². The van der Waals surface area contributed by atoms with Crippen molar-refractivity contribution in [3.8, 4) is 5.75 Å². The largest absolute Gasteiger partial charge is 0.492 e. The maximum absolute atomic E-state index is 6.02. The molecule has 6 nitrogen and oxygen atoms in total. The number of guanidine groups is 1. The van der Waals surface area contributed by atoms with Crippen LogP contribution in [0, 0.1) is 0 Å². The number of halogens is 1. The molecule has 2 aliphatic heterocycles. The molecule has 1 N–H and O–H groups in total. The Labute approximate surface area is 180 Å². The molecule has 2 saturated heterocycles. The molecule has 0 saturated carbocycles. The van der Waals surface area contributed by atoms with Gasteiger partial charge < -0.3 is 19.7 Å². The molecule has 1 aromatic rings. The van der Waals surface area contributed by atoms with Crippen LogP contribution in [0.2, 0.25) is 0 Å². The van der Waals surface area contributed by atoms with Crippen molar-refractivity contribution < 1.29 is 9.47 Å². The van der Waals surface area contributed by atoms with E-state index in [-0.39, 0.29) is 30.1 Å². The molecule has 27 heavy (non-hydrogen) atoms. The smallest absolute Gasteiger partial charge is 0.193 e. The molecule has 2 fully saturated rings. The second-order valence-electron chi connectivity index (χ2n) is 7.02. The van der Waals surface area contributed by atoms with E-state index in [1.54, 1.807) is 0 Å². The lowest BCUT2D eigenvalue weighted by Crippen LogP contribution is -2.48. The van der Waals surface area contributed by atoms with E-state index in [0.29, 0.717) is 19.2 Å². The van der Waals surface area contributed by atoms with Gasteiger partial charge in [0.05, 0.1) is 25.8 Å². The van der Waals surface area contributed by atoms with Gasteiger partial charge in [-0.05, 0) is 38.4 Å². The fourth-order valence-corrected chi connectivity index (χ4v) is 3.58. The fourth-order valence-electron chi connectivity index (χ4n) is 3.58. The van der Waals surface area contributed by atoms with Gasteiger partial charge in [-0.1, -0.05) is 18.2 Å². The fraction of sp³-hybridized carbons (Fsp3) is 0.650. The Hall–Kier alpha value is -1.06. The van der Waals surface area contributed by atoms with Crippen molar-refractivity contribution in [3.05, 3.63) is 30.3 Å². The highest BCUT2D eigenvalue weighted by atomic mass is 127. The number of nitrogens with zero attached hydrogens (tertiary/aromatic N) is 3. The zero-order valence-electron chi connectivity index (χ0n) is 16.5. The van der Waals surface area contributed by atoms with Crippen molar-refractivity contribution in [1.29, 1.82) is 0 Å². The minimum absolute atomic E-state index is 0. The highest BCUT2D eigenvalue weighted by Crippen LogP contribution is 2.22. The van der Waals surface area contributed by atoms with Crippen LogP contribution in [0.1, 0.15) is 19.8 Å². The SMILES string of the molecule is CCNC(=NCC1CN2CCCC2CO1)N(C)CCOc1ccccc1.I. The first-order valence-electron chi connectivity index (χ1n) is 9.79. The Morgan fingerprint density at radius 3 is 2.96 bits per heavy atom. The van der Waals surface area contributed by atoms with E-state index in [9.17, 15) is 0 Å². The molecule has 2 heterocycles. The second-order valence-corrected chi connectivity index (χ2v) is 7.02. The lowest BCUT2D eigenvalue weighted by Gasteiger charge is -2.34. The van der Waals surface area contributed by atoms with Crippen molar-refractivity contribution in [2.24, 2.45) is 4.99 Å². The van der Waals surface area contributed by atoms with Crippen LogP contribution in [0.25, 0.3) is 0 Å². The summed E-state index contributed by atoms with van der Waals surface area (Å²) in [5.74, 6) is 1.81. The standard InChI is InChI=1S/C20H32N4O2.HI/c1-3-21-20(23(2)12-13-25-18-9-5-4-6-10-18)22-14-19-15-24-11-7-8-17(24)16-26-19;/h4-6,9-10,17,19H,3,7-8,11-16H2,1-2H3,(H,21,22);1H. The van der Waals surface area contributed by atoms with E-state index in [0.717, 1.165) is 38.0 Å². The Bertz CT molecular complexity index is 572. The molecule has 3 rings (SSSR count). The topological polar surface area (TPSA) is 49.3 Å². The Balaban J connectivity index is 0.00000261. The first-order chi connectivity index (χ1) is 12.8. The number of rotatable bonds is 7. The van der Waals surface area contributed by atoms with Crippen LogP contribution in [-0.4, -0.2) is 80.9 Å². The molecule has 0 bridgehead atoms. The highest BCUT2D eigenvalue weighted by Gasteiger charge is 2.32. The molecule has 1 aromatic carbocycles. The summed E-state index contributed by atoms with van der Waals surface area (Å²) in [5.41, 5.74) is 0. The molecule has 0 aromatic heterocycles. The predicted octanol–water partition coefficient (Wildman–Crippen LogP) is 2.44. The summed E-state index contributed by atoms with van der Waals surface area (Å²) in [6.45, 7) is 8.13. The van der Waals surface area contributed by atoms with Crippen LogP contribution in [0.5, 0.6) is 5.75 Å². The van der Waals surface area contributed by atoms with Crippen LogP contribution >= 0.6 is 24.0 Å². The van der Waals surface area contributed by atoms with Gasteiger partial charge in [0.15, 0.2) is 5.96 Å². The first-order valence-corrected chi connectivity index (χ1v) is 9.79. The second kappa shape index (κ2) is 11.7. The Kier molecular flexibility index (Phi) is 9.64. The number of para-hydroxylation sites is 1. The predicted molar refractivity (Wildman–Crippen MR) is 120 cm³/mol. The molecular formula is C20H33IN4O2. The van der Waals surface area contributed by atoms with E-state index in [1.807, 2.05) is 37.4 Å². The minimum Gasteiger partial charge on any atom is -0.492 e. The van der Waals surface area contributed by atoms with Crippen molar-refractivity contribution >= 4 is 29.9 Å². The number of hydrogen-bond donors (Lipinski definition) is 1. The van der Waals surface area contributed by atoms with Gasteiger partial charge in [0.25, 0.3) is 0 Å².